The summed E-state index contributed by atoms with van der Waals surface area (Å²) in [5.74, 6) is -1.37. The lowest BCUT2D eigenvalue weighted by molar-refractivity contribution is -0.148. The molecule has 0 radical (unpaired) electrons. The van der Waals surface area contributed by atoms with E-state index in [9.17, 15) is 9.59 Å². The van der Waals surface area contributed by atoms with Crippen molar-refractivity contribution in [2.45, 2.75) is 26.4 Å². The molecule has 14 heavy (non-hydrogen) atoms. The number of hydrogen-bond donors (Lipinski definition) is 0. The van der Waals surface area contributed by atoms with Crippen LogP contribution >= 0.6 is 11.3 Å². The van der Waals surface area contributed by atoms with Crippen molar-refractivity contribution >= 4 is 23.1 Å². The summed E-state index contributed by atoms with van der Waals surface area (Å²) >= 11 is 1.23. The topological polar surface area (TPSA) is 43.4 Å². The lowest BCUT2D eigenvalue weighted by Gasteiger charge is -2.18. The van der Waals surface area contributed by atoms with Crippen LogP contribution in [0.15, 0.2) is 17.5 Å². The average molecular weight is 212 g/mol. The van der Waals surface area contributed by atoms with Crippen molar-refractivity contribution in [3.05, 3.63) is 22.4 Å². The van der Waals surface area contributed by atoms with Crippen LogP contribution in [0.25, 0.3) is 0 Å². The van der Waals surface area contributed by atoms with Gasteiger partial charge in [-0.25, -0.2) is 4.79 Å². The molecule has 0 aliphatic heterocycles. The minimum absolute atomic E-state index is 0.416. The van der Waals surface area contributed by atoms with E-state index in [-0.39, 0.29) is 0 Å². The van der Waals surface area contributed by atoms with Crippen LogP contribution in [0.5, 0.6) is 0 Å². The fourth-order valence-corrected chi connectivity index (χ4v) is 1.48. The first-order chi connectivity index (χ1) is 6.40. The van der Waals surface area contributed by atoms with Gasteiger partial charge in [0.25, 0.3) is 5.78 Å². The zero-order chi connectivity index (χ0) is 10.8. The predicted molar refractivity (Wildman–Crippen MR) is 54.5 cm³/mol. The van der Waals surface area contributed by atoms with E-state index in [1.54, 1.807) is 38.3 Å². The number of hydrogen-bond acceptors (Lipinski definition) is 4. The molecule has 0 bridgehead atoms. The van der Waals surface area contributed by atoms with Gasteiger partial charge in [0.15, 0.2) is 0 Å². The van der Waals surface area contributed by atoms with Gasteiger partial charge in [-0.15, -0.1) is 11.3 Å². The van der Waals surface area contributed by atoms with Gasteiger partial charge in [-0.2, -0.15) is 0 Å². The Morgan fingerprint density at radius 1 is 1.36 bits per heavy atom. The highest BCUT2D eigenvalue weighted by atomic mass is 32.1. The number of Topliss-reactive ketones (excluding diaryl/α,β-unsaturated/α-hetero) is 1. The molecule has 0 N–H and O–H groups in total. The van der Waals surface area contributed by atoms with Crippen LogP contribution in [0.4, 0.5) is 0 Å². The van der Waals surface area contributed by atoms with Gasteiger partial charge < -0.3 is 4.74 Å². The lowest BCUT2D eigenvalue weighted by Crippen LogP contribution is -2.28. The summed E-state index contributed by atoms with van der Waals surface area (Å²) in [4.78, 5) is 23.1. The summed E-state index contributed by atoms with van der Waals surface area (Å²) < 4.78 is 4.94. The van der Waals surface area contributed by atoms with Crippen LogP contribution in [0.2, 0.25) is 0 Å². The largest absolute Gasteiger partial charge is 0.454 e. The standard InChI is InChI=1S/C10H12O3S/c1-10(2,3)13-9(12)8(11)7-5-4-6-14-7/h4-6H,1-3H3. The molecule has 1 heterocycles. The molecule has 3 nitrogen and oxygen atoms in total. The minimum atomic E-state index is -0.792. The molecule has 1 aromatic heterocycles. The van der Waals surface area contributed by atoms with E-state index in [0.29, 0.717) is 4.88 Å². The fourth-order valence-electron chi connectivity index (χ4n) is 0.833. The van der Waals surface area contributed by atoms with Gasteiger partial charge >= 0.3 is 5.97 Å². The first-order valence-electron chi connectivity index (χ1n) is 4.21. The third-order valence-electron chi connectivity index (χ3n) is 1.33. The maximum atomic E-state index is 11.4. The van der Waals surface area contributed by atoms with Crippen molar-refractivity contribution in [3.8, 4) is 0 Å². The summed E-state index contributed by atoms with van der Waals surface area (Å²) in [5.41, 5.74) is -0.621. The Bertz CT molecular complexity index is 333. The Morgan fingerprint density at radius 3 is 2.43 bits per heavy atom. The summed E-state index contributed by atoms with van der Waals surface area (Å²) in [6.07, 6.45) is 0. The van der Waals surface area contributed by atoms with Crippen molar-refractivity contribution in [2.75, 3.05) is 0 Å². The van der Waals surface area contributed by atoms with E-state index in [1.807, 2.05) is 0 Å². The molecule has 1 aromatic rings. The van der Waals surface area contributed by atoms with Crippen LogP contribution in [0.1, 0.15) is 30.4 Å². The highest BCUT2D eigenvalue weighted by Crippen LogP contribution is 2.13. The summed E-state index contributed by atoms with van der Waals surface area (Å²) in [6, 6.07) is 3.33. The fraction of sp³-hybridized carbons (Fsp3) is 0.400. The Balaban J connectivity index is 2.68. The number of carbonyl (C=O) groups is 2. The molecular weight excluding hydrogens is 200 g/mol. The van der Waals surface area contributed by atoms with Crippen molar-refractivity contribution < 1.29 is 14.3 Å². The highest BCUT2D eigenvalue weighted by molar-refractivity contribution is 7.12. The normalized spacial score (nSPS) is 11.1. The van der Waals surface area contributed by atoms with Crippen LogP contribution in [-0.4, -0.2) is 17.4 Å². The molecular formula is C10H12O3S. The SMILES string of the molecule is CC(C)(C)OC(=O)C(=O)c1cccs1. The minimum Gasteiger partial charge on any atom is -0.454 e. The van der Waals surface area contributed by atoms with Gasteiger partial charge in [0, 0.05) is 0 Å². The second kappa shape index (κ2) is 3.92. The Morgan fingerprint density at radius 2 is 2.00 bits per heavy atom. The summed E-state index contributed by atoms with van der Waals surface area (Å²) in [5, 5.41) is 1.75. The number of esters is 1. The van der Waals surface area contributed by atoms with Gasteiger partial charge in [0.2, 0.25) is 0 Å². The van der Waals surface area contributed by atoms with Gasteiger partial charge in [-0.3, -0.25) is 4.79 Å². The Kier molecular flexibility index (Phi) is 3.06. The second-order valence-electron chi connectivity index (χ2n) is 3.81. The number of thiophene rings is 1. The van der Waals surface area contributed by atoms with Gasteiger partial charge in [0.1, 0.15) is 5.60 Å². The number of rotatable bonds is 2. The first kappa shape index (κ1) is 10.9. The van der Waals surface area contributed by atoms with E-state index in [2.05, 4.69) is 0 Å². The predicted octanol–water partition coefficient (Wildman–Crippen LogP) is 2.27. The number of ether oxygens (including phenoxy) is 1. The molecule has 0 saturated carbocycles. The Hall–Kier alpha value is -1.16. The van der Waals surface area contributed by atoms with E-state index in [4.69, 9.17) is 4.74 Å². The van der Waals surface area contributed by atoms with Crippen molar-refractivity contribution in [3.63, 3.8) is 0 Å². The van der Waals surface area contributed by atoms with E-state index >= 15 is 0 Å². The van der Waals surface area contributed by atoms with Crippen LogP contribution < -0.4 is 0 Å². The summed E-state index contributed by atoms with van der Waals surface area (Å²) in [6.45, 7) is 5.19. The third kappa shape index (κ3) is 2.96. The van der Waals surface area contributed by atoms with Crippen molar-refractivity contribution in [2.24, 2.45) is 0 Å². The monoisotopic (exact) mass is 212 g/mol. The van der Waals surface area contributed by atoms with Gasteiger partial charge in [-0.1, -0.05) is 6.07 Å². The van der Waals surface area contributed by atoms with Crippen LogP contribution in [0, 0.1) is 0 Å². The number of carbonyl (C=O) groups excluding carboxylic acids is 2. The maximum Gasteiger partial charge on any atom is 0.381 e. The first-order valence-corrected chi connectivity index (χ1v) is 5.09. The third-order valence-corrected chi connectivity index (χ3v) is 2.20. The molecule has 0 aromatic carbocycles. The molecule has 0 saturated heterocycles. The summed E-state index contributed by atoms with van der Waals surface area (Å²) in [7, 11) is 0. The van der Waals surface area contributed by atoms with E-state index in [0.717, 1.165) is 0 Å². The molecule has 0 atom stereocenters. The number of ketones is 1. The maximum absolute atomic E-state index is 11.4. The van der Waals surface area contributed by atoms with Crippen LogP contribution in [-0.2, 0) is 9.53 Å². The van der Waals surface area contributed by atoms with Gasteiger partial charge in [0.05, 0.1) is 4.88 Å². The molecule has 0 unspecified atom stereocenters. The Labute approximate surface area is 86.7 Å². The molecule has 0 aliphatic rings. The molecule has 0 amide bonds. The molecule has 76 valence electrons. The van der Waals surface area contributed by atoms with Crippen LogP contribution in [0.3, 0.4) is 0 Å². The smallest absolute Gasteiger partial charge is 0.381 e. The highest BCUT2D eigenvalue weighted by Gasteiger charge is 2.24. The molecule has 0 spiro atoms. The quantitative estimate of drug-likeness (QED) is 0.429. The van der Waals surface area contributed by atoms with Gasteiger partial charge in [-0.05, 0) is 32.2 Å². The molecule has 0 fully saturated rings. The molecule has 4 heteroatoms. The van der Waals surface area contributed by atoms with Crippen molar-refractivity contribution in [1.29, 1.82) is 0 Å². The lowest BCUT2D eigenvalue weighted by atomic mass is 10.2. The second-order valence-corrected chi connectivity index (χ2v) is 4.76. The van der Waals surface area contributed by atoms with E-state index in [1.165, 1.54) is 11.3 Å². The zero-order valence-electron chi connectivity index (χ0n) is 8.37. The molecule has 0 aliphatic carbocycles. The van der Waals surface area contributed by atoms with Crippen molar-refractivity contribution in [1.82, 2.24) is 0 Å². The molecule has 1 rings (SSSR count). The zero-order valence-corrected chi connectivity index (χ0v) is 9.18. The average Bonchev–Trinajstić information content (AvgIpc) is 2.51. The van der Waals surface area contributed by atoms with E-state index < -0.39 is 17.4 Å².